The van der Waals surface area contributed by atoms with Crippen LogP contribution in [0.25, 0.3) is 0 Å². The zero-order valence-corrected chi connectivity index (χ0v) is 19.3. The van der Waals surface area contributed by atoms with E-state index in [0.29, 0.717) is 6.42 Å². The van der Waals surface area contributed by atoms with Crippen LogP contribution in [0.2, 0.25) is 0 Å². The number of aliphatic hydroxyl groups excluding tert-OH is 1. The van der Waals surface area contributed by atoms with E-state index < -0.39 is 48.2 Å². The van der Waals surface area contributed by atoms with Crippen molar-refractivity contribution in [2.75, 3.05) is 0 Å². The largest absolute Gasteiger partial charge is 0.455 e. The van der Waals surface area contributed by atoms with Gasteiger partial charge in [-0.05, 0) is 59.3 Å². The molecule has 7 heteroatoms. The maximum absolute atomic E-state index is 12.4. The van der Waals surface area contributed by atoms with Crippen molar-refractivity contribution in [2.45, 2.75) is 110 Å². The van der Waals surface area contributed by atoms with Gasteiger partial charge < -0.3 is 24.1 Å². The lowest BCUT2D eigenvalue weighted by Gasteiger charge is -2.46. The molecule has 0 amide bonds. The normalized spacial score (nSPS) is 33.4. The lowest BCUT2D eigenvalue weighted by molar-refractivity contribution is -0.326. The fraction of sp³-hybridized carbons (Fsp3) is 0.826. The minimum absolute atomic E-state index is 0.269. The lowest BCUT2D eigenvalue weighted by atomic mass is 9.79. The standard InChI is InChI=1S/C23H38O7/c1-8-14(3)21(26)29-19-18(25)15(4)27-22(20(19)28-16(5)24)30-23(6,7)17-11-9-13(2)10-12-17/h9,14-15,17-20,22,25H,8,10-12H2,1-7H3/t14-,15+,17-,18-,19-,20+,22-/m0/s1. The number of hydrogen-bond donors (Lipinski definition) is 1. The van der Waals surface area contributed by atoms with Gasteiger partial charge in [-0.1, -0.05) is 25.5 Å². The fourth-order valence-corrected chi connectivity index (χ4v) is 3.94. The molecule has 7 nitrogen and oxygen atoms in total. The predicted molar refractivity (Wildman–Crippen MR) is 111 cm³/mol. The van der Waals surface area contributed by atoms with Crippen molar-refractivity contribution in [3.63, 3.8) is 0 Å². The van der Waals surface area contributed by atoms with Crippen molar-refractivity contribution in [3.05, 3.63) is 11.6 Å². The van der Waals surface area contributed by atoms with E-state index >= 15 is 0 Å². The van der Waals surface area contributed by atoms with Crippen LogP contribution in [-0.2, 0) is 28.5 Å². The average molecular weight is 427 g/mol. The number of hydrogen-bond acceptors (Lipinski definition) is 7. The van der Waals surface area contributed by atoms with Gasteiger partial charge in [0.05, 0.1) is 17.6 Å². The Kier molecular flexibility index (Phi) is 8.48. The van der Waals surface area contributed by atoms with Crippen molar-refractivity contribution in [2.24, 2.45) is 11.8 Å². The molecule has 0 radical (unpaired) electrons. The number of aliphatic hydroxyl groups is 1. The third kappa shape index (κ3) is 6.05. The molecule has 0 aromatic heterocycles. The highest BCUT2D eigenvalue weighted by atomic mass is 16.7. The highest BCUT2D eigenvalue weighted by Crippen LogP contribution is 2.37. The minimum Gasteiger partial charge on any atom is -0.455 e. The molecular formula is C23H38O7. The van der Waals surface area contributed by atoms with Gasteiger partial charge in [-0.2, -0.15) is 0 Å². The van der Waals surface area contributed by atoms with Gasteiger partial charge in [0.1, 0.15) is 6.10 Å². The van der Waals surface area contributed by atoms with Crippen LogP contribution >= 0.6 is 0 Å². The third-order valence-corrected chi connectivity index (χ3v) is 6.37. The van der Waals surface area contributed by atoms with E-state index in [2.05, 4.69) is 13.0 Å². The van der Waals surface area contributed by atoms with Crippen molar-refractivity contribution < 1.29 is 33.6 Å². The molecule has 1 heterocycles. The number of ether oxygens (including phenoxy) is 4. The van der Waals surface area contributed by atoms with Gasteiger partial charge in [-0.25, -0.2) is 0 Å². The van der Waals surface area contributed by atoms with Crippen LogP contribution in [0.5, 0.6) is 0 Å². The average Bonchev–Trinajstić information content (AvgIpc) is 2.67. The summed E-state index contributed by atoms with van der Waals surface area (Å²) in [5.74, 6) is -1.07. The van der Waals surface area contributed by atoms with E-state index in [9.17, 15) is 14.7 Å². The fourth-order valence-electron chi connectivity index (χ4n) is 3.94. The second-order valence-corrected chi connectivity index (χ2v) is 9.23. The lowest BCUT2D eigenvalue weighted by Crippen LogP contribution is -2.62. The number of rotatable bonds is 7. The molecule has 30 heavy (non-hydrogen) atoms. The highest BCUT2D eigenvalue weighted by molar-refractivity contribution is 5.72. The summed E-state index contributed by atoms with van der Waals surface area (Å²) in [6, 6.07) is 0. The number of carbonyl (C=O) groups excluding carboxylic acids is 2. The number of esters is 2. The molecule has 1 saturated heterocycles. The summed E-state index contributed by atoms with van der Waals surface area (Å²) in [6.07, 6.45) is 0.881. The van der Waals surface area contributed by atoms with Crippen molar-refractivity contribution in [1.82, 2.24) is 0 Å². The Balaban J connectivity index is 2.24. The van der Waals surface area contributed by atoms with Crippen LogP contribution in [0.15, 0.2) is 11.6 Å². The summed E-state index contributed by atoms with van der Waals surface area (Å²) in [6.45, 7) is 12.7. The van der Waals surface area contributed by atoms with Crippen molar-refractivity contribution in [3.8, 4) is 0 Å². The number of allylic oxidation sites excluding steroid dienone is 2. The molecular weight excluding hydrogens is 388 g/mol. The van der Waals surface area contributed by atoms with Gasteiger partial charge in [-0.3, -0.25) is 9.59 Å². The van der Waals surface area contributed by atoms with Crippen LogP contribution in [0, 0.1) is 11.8 Å². The van der Waals surface area contributed by atoms with Gasteiger partial charge in [0.25, 0.3) is 0 Å². The maximum Gasteiger partial charge on any atom is 0.309 e. The zero-order valence-electron chi connectivity index (χ0n) is 19.3. The van der Waals surface area contributed by atoms with Crippen LogP contribution in [-0.4, -0.2) is 53.4 Å². The van der Waals surface area contributed by atoms with E-state index in [-0.39, 0.29) is 11.8 Å². The van der Waals surface area contributed by atoms with Gasteiger partial charge >= 0.3 is 11.9 Å². The smallest absolute Gasteiger partial charge is 0.309 e. The van der Waals surface area contributed by atoms with Crippen molar-refractivity contribution >= 4 is 11.9 Å². The van der Waals surface area contributed by atoms with Crippen molar-refractivity contribution in [1.29, 1.82) is 0 Å². The Bertz CT molecular complexity index is 641. The third-order valence-electron chi connectivity index (χ3n) is 6.37. The Morgan fingerprint density at radius 2 is 1.97 bits per heavy atom. The van der Waals surface area contributed by atoms with E-state index in [1.54, 1.807) is 13.8 Å². The summed E-state index contributed by atoms with van der Waals surface area (Å²) < 4.78 is 23.3. The summed E-state index contributed by atoms with van der Waals surface area (Å²) in [5, 5.41) is 10.7. The van der Waals surface area contributed by atoms with E-state index in [1.807, 2.05) is 20.8 Å². The molecule has 0 bridgehead atoms. The van der Waals surface area contributed by atoms with E-state index in [4.69, 9.17) is 18.9 Å². The molecule has 1 fully saturated rings. The summed E-state index contributed by atoms with van der Waals surface area (Å²) >= 11 is 0. The van der Waals surface area contributed by atoms with Gasteiger partial charge in [0.2, 0.25) is 0 Å². The topological polar surface area (TPSA) is 91.3 Å². The molecule has 1 aliphatic heterocycles. The first-order valence-corrected chi connectivity index (χ1v) is 11.0. The predicted octanol–water partition coefficient (Wildman–Crippen LogP) is 3.52. The zero-order chi connectivity index (χ0) is 22.6. The second kappa shape index (κ2) is 10.2. The van der Waals surface area contributed by atoms with Crippen LogP contribution < -0.4 is 0 Å². The van der Waals surface area contributed by atoms with Crippen LogP contribution in [0.3, 0.4) is 0 Å². The van der Waals surface area contributed by atoms with Gasteiger partial charge in [0.15, 0.2) is 18.5 Å². The molecule has 7 atom stereocenters. The second-order valence-electron chi connectivity index (χ2n) is 9.23. The molecule has 0 aromatic rings. The van der Waals surface area contributed by atoms with E-state index in [1.165, 1.54) is 12.5 Å². The Hall–Kier alpha value is -1.44. The molecule has 0 unspecified atom stereocenters. The van der Waals surface area contributed by atoms with Gasteiger partial charge in [0, 0.05) is 6.92 Å². The Morgan fingerprint density at radius 1 is 1.30 bits per heavy atom. The molecule has 1 aliphatic carbocycles. The maximum atomic E-state index is 12.4. The Morgan fingerprint density at radius 3 is 2.50 bits per heavy atom. The number of carbonyl (C=O) groups is 2. The molecule has 0 spiro atoms. The van der Waals surface area contributed by atoms with E-state index in [0.717, 1.165) is 19.3 Å². The molecule has 2 rings (SSSR count). The molecule has 172 valence electrons. The van der Waals surface area contributed by atoms with Crippen LogP contribution in [0.1, 0.15) is 74.1 Å². The first-order chi connectivity index (χ1) is 14.0. The minimum atomic E-state index is -1.13. The summed E-state index contributed by atoms with van der Waals surface area (Å²) in [7, 11) is 0. The van der Waals surface area contributed by atoms with Crippen LogP contribution in [0.4, 0.5) is 0 Å². The van der Waals surface area contributed by atoms with Gasteiger partial charge in [-0.15, -0.1) is 0 Å². The molecule has 0 saturated carbocycles. The first kappa shape index (κ1) is 24.8. The first-order valence-electron chi connectivity index (χ1n) is 11.0. The molecule has 1 N–H and O–H groups in total. The quantitative estimate of drug-likeness (QED) is 0.492. The summed E-state index contributed by atoms with van der Waals surface area (Å²) in [4.78, 5) is 24.2. The monoisotopic (exact) mass is 426 g/mol. The Labute approximate surface area is 180 Å². The summed E-state index contributed by atoms with van der Waals surface area (Å²) in [5.41, 5.74) is 0.815. The SMILES string of the molecule is CC[C@H](C)C(=O)O[C@H]1[C@@H](O)[C@@H](C)O[C@@H](OC(C)(C)[C@H]2CC=C(C)CC2)[C@@H]1OC(C)=O. The molecule has 2 aliphatic rings. The highest BCUT2D eigenvalue weighted by Gasteiger charge is 2.51. The molecule has 0 aromatic carbocycles.